The molecule has 1 N–H and O–H groups in total. The van der Waals surface area contributed by atoms with E-state index in [4.69, 9.17) is 0 Å². The summed E-state index contributed by atoms with van der Waals surface area (Å²) in [6, 6.07) is 0. The van der Waals surface area contributed by atoms with E-state index in [9.17, 15) is 5.11 Å². The number of fused-ring (bicyclic) bond motifs is 2. The Labute approximate surface area is 80.5 Å². The fourth-order valence-corrected chi connectivity index (χ4v) is 3.90. The highest BCUT2D eigenvalue weighted by Gasteiger charge is 2.44. The maximum atomic E-state index is 10.1. The van der Waals surface area contributed by atoms with Crippen LogP contribution < -0.4 is 0 Å². The van der Waals surface area contributed by atoms with Crippen LogP contribution in [0, 0.1) is 17.8 Å². The lowest BCUT2D eigenvalue weighted by molar-refractivity contribution is -0.0580. The van der Waals surface area contributed by atoms with Crippen molar-refractivity contribution in [3.05, 3.63) is 0 Å². The van der Waals surface area contributed by atoms with Crippen LogP contribution in [0.25, 0.3) is 0 Å². The molecule has 0 aliphatic heterocycles. The van der Waals surface area contributed by atoms with Gasteiger partial charge in [-0.05, 0) is 62.7 Å². The summed E-state index contributed by atoms with van der Waals surface area (Å²) in [6.45, 7) is 0. The van der Waals surface area contributed by atoms with Crippen molar-refractivity contribution in [1.82, 2.24) is 0 Å². The van der Waals surface area contributed by atoms with E-state index in [1.165, 1.54) is 32.1 Å². The topological polar surface area (TPSA) is 20.2 Å². The molecule has 0 aromatic rings. The van der Waals surface area contributed by atoms with Gasteiger partial charge in [0, 0.05) is 0 Å². The molecule has 3 aliphatic carbocycles. The molecule has 0 amide bonds. The van der Waals surface area contributed by atoms with E-state index < -0.39 is 0 Å². The predicted molar refractivity (Wildman–Crippen MR) is 52.4 cm³/mol. The largest absolute Gasteiger partial charge is 0.390 e. The molecule has 3 unspecified atom stereocenters. The van der Waals surface area contributed by atoms with Gasteiger partial charge in [0.1, 0.15) is 0 Å². The van der Waals surface area contributed by atoms with Crippen LogP contribution in [0.1, 0.15) is 51.4 Å². The second-order valence-electron chi connectivity index (χ2n) is 5.72. The molecule has 1 nitrogen and oxygen atoms in total. The molecule has 3 aliphatic rings. The molecule has 3 rings (SSSR count). The quantitative estimate of drug-likeness (QED) is 0.692. The fraction of sp³-hybridized carbons (Fsp3) is 1.00. The van der Waals surface area contributed by atoms with Gasteiger partial charge < -0.3 is 5.11 Å². The molecule has 2 bridgehead atoms. The first-order valence-corrected chi connectivity index (χ1v) is 5.98. The van der Waals surface area contributed by atoms with Crippen molar-refractivity contribution in [3.8, 4) is 0 Å². The van der Waals surface area contributed by atoms with E-state index in [1.807, 2.05) is 0 Å². The Balaban J connectivity index is 1.61. The van der Waals surface area contributed by atoms with Gasteiger partial charge in [-0.25, -0.2) is 0 Å². The molecular formula is C12H20O. The third-order valence-corrected chi connectivity index (χ3v) is 4.81. The first-order valence-electron chi connectivity index (χ1n) is 5.98. The lowest BCUT2D eigenvalue weighted by Crippen LogP contribution is -2.39. The van der Waals surface area contributed by atoms with Gasteiger partial charge in [0.25, 0.3) is 0 Å². The van der Waals surface area contributed by atoms with Crippen molar-refractivity contribution in [2.45, 2.75) is 57.0 Å². The highest BCUT2D eigenvalue weighted by molar-refractivity contribution is 4.96. The van der Waals surface area contributed by atoms with Crippen LogP contribution in [0.3, 0.4) is 0 Å². The molecule has 3 atom stereocenters. The summed E-state index contributed by atoms with van der Waals surface area (Å²) in [5.74, 6) is 2.93. The van der Waals surface area contributed by atoms with Crippen LogP contribution in [0.5, 0.6) is 0 Å². The summed E-state index contributed by atoms with van der Waals surface area (Å²) < 4.78 is 0. The van der Waals surface area contributed by atoms with Crippen molar-refractivity contribution in [2.24, 2.45) is 17.8 Å². The molecule has 1 heteroatoms. The third-order valence-electron chi connectivity index (χ3n) is 4.81. The van der Waals surface area contributed by atoms with E-state index in [0.717, 1.165) is 37.0 Å². The average molecular weight is 180 g/mol. The van der Waals surface area contributed by atoms with Crippen molar-refractivity contribution in [2.75, 3.05) is 0 Å². The summed E-state index contributed by atoms with van der Waals surface area (Å²) in [6.07, 6.45) is 10.4. The maximum absolute atomic E-state index is 10.1. The second-order valence-corrected chi connectivity index (χ2v) is 5.72. The normalized spacial score (nSPS) is 46.4. The number of rotatable bonds is 2. The Kier molecular flexibility index (Phi) is 1.74. The zero-order chi connectivity index (χ0) is 8.89. The Hall–Kier alpha value is -0.0400. The highest BCUT2D eigenvalue weighted by atomic mass is 16.3. The molecule has 3 fully saturated rings. The molecule has 0 aromatic carbocycles. The minimum atomic E-state index is -0.213. The van der Waals surface area contributed by atoms with E-state index in [-0.39, 0.29) is 5.60 Å². The number of hydrogen-bond acceptors (Lipinski definition) is 1. The summed E-state index contributed by atoms with van der Waals surface area (Å²) in [4.78, 5) is 0. The standard InChI is InChI=1S/C12H20O/c13-12(4-1-5-12)8-11-7-9-2-3-10(11)6-9/h9-11,13H,1-8H2. The van der Waals surface area contributed by atoms with Gasteiger partial charge in [0.05, 0.1) is 5.60 Å². The summed E-state index contributed by atoms with van der Waals surface area (Å²) in [5.41, 5.74) is -0.213. The van der Waals surface area contributed by atoms with Gasteiger partial charge in [-0.2, -0.15) is 0 Å². The van der Waals surface area contributed by atoms with Gasteiger partial charge in [-0.1, -0.05) is 6.42 Å². The smallest absolute Gasteiger partial charge is 0.0650 e. The molecule has 74 valence electrons. The van der Waals surface area contributed by atoms with E-state index in [2.05, 4.69) is 0 Å². The Morgan fingerprint density at radius 3 is 2.46 bits per heavy atom. The molecule has 0 heterocycles. The molecule has 3 saturated carbocycles. The molecule has 0 saturated heterocycles. The zero-order valence-electron chi connectivity index (χ0n) is 8.34. The third kappa shape index (κ3) is 1.32. The monoisotopic (exact) mass is 180 g/mol. The van der Waals surface area contributed by atoms with Crippen LogP contribution in [-0.4, -0.2) is 10.7 Å². The number of hydrogen-bond donors (Lipinski definition) is 1. The van der Waals surface area contributed by atoms with Gasteiger partial charge in [-0.3, -0.25) is 0 Å². The fourth-order valence-electron chi connectivity index (χ4n) is 3.90. The molecule has 13 heavy (non-hydrogen) atoms. The molecular weight excluding hydrogens is 160 g/mol. The Bertz CT molecular complexity index is 207. The van der Waals surface area contributed by atoms with Crippen LogP contribution in [0.15, 0.2) is 0 Å². The van der Waals surface area contributed by atoms with Crippen molar-refractivity contribution in [1.29, 1.82) is 0 Å². The van der Waals surface area contributed by atoms with Crippen LogP contribution in [0.4, 0.5) is 0 Å². The number of aliphatic hydroxyl groups is 1. The van der Waals surface area contributed by atoms with Crippen molar-refractivity contribution in [3.63, 3.8) is 0 Å². The minimum Gasteiger partial charge on any atom is -0.390 e. The highest BCUT2D eigenvalue weighted by Crippen LogP contribution is 2.52. The van der Waals surface area contributed by atoms with E-state index >= 15 is 0 Å². The average Bonchev–Trinajstić information content (AvgIpc) is 2.62. The second kappa shape index (κ2) is 2.73. The molecule has 0 spiro atoms. The molecule has 0 aromatic heterocycles. The van der Waals surface area contributed by atoms with Gasteiger partial charge >= 0.3 is 0 Å². The SMILES string of the molecule is OC1(CC2CC3CCC2C3)CCC1. The van der Waals surface area contributed by atoms with Gasteiger partial charge in [0.2, 0.25) is 0 Å². The first-order chi connectivity index (χ1) is 6.25. The summed E-state index contributed by atoms with van der Waals surface area (Å²) in [5, 5.41) is 10.1. The molecule has 0 radical (unpaired) electrons. The van der Waals surface area contributed by atoms with Gasteiger partial charge in [0.15, 0.2) is 0 Å². The van der Waals surface area contributed by atoms with Gasteiger partial charge in [-0.15, -0.1) is 0 Å². The first kappa shape index (κ1) is 8.28. The van der Waals surface area contributed by atoms with Crippen LogP contribution >= 0.6 is 0 Å². The predicted octanol–water partition coefficient (Wildman–Crippen LogP) is 2.73. The zero-order valence-corrected chi connectivity index (χ0v) is 8.34. The minimum absolute atomic E-state index is 0.213. The van der Waals surface area contributed by atoms with E-state index in [1.54, 1.807) is 0 Å². The van der Waals surface area contributed by atoms with Crippen molar-refractivity contribution < 1.29 is 5.11 Å². The Morgan fingerprint density at radius 2 is 2.00 bits per heavy atom. The van der Waals surface area contributed by atoms with E-state index in [0.29, 0.717) is 0 Å². The maximum Gasteiger partial charge on any atom is 0.0650 e. The van der Waals surface area contributed by atoms with Crippen LogP contribution in [0.2, 0.25) is 0 Å². The summed E-state index contributed by atoms with van der Waals surface area (Å²) in [7, 11) is 0. The Morgan fingerprint density at radius 1 is 1.15 bits per heavy atom. The van der Waals surface area contributed by atoms with Crippen LogP contribution in [-0.2, 0) is 0 Å². The lowest BCUT2D eigenvalue weighted by Gasteiger charge is -2.40. The van der Waals surface area contributed by atoms with Crippen molar-refractivity contribution >= 4 is 0 Å². The summed E-state index contributed by atoms with van der Waals surface area (Å²) >= 11 is 0. The lowest BCUT2D eigenvalue weighted by atomic mass is 9.71.